The molecule has 8 heteroatoms. The number of nitrogens with one attached hydrogen (secondary N) is 3. The first-order valence-corrected chi connectivity index (χ1v) is 8.71. The normalized spacial score (nSPS) is 12.8. The topological polar surface area (TPSA) is 87.3 Å². The summed E-state index contributed by atoms with van der Waals surface area (Å²) >= 11 is 3.35. The van der Waals surface area contributed by atoms with Crippen molar-refractivity contribution in [3.63, 3.8) is 0 Å². The number of benzene rings is 1. The maximum Gasteiger partial charge on any atom is 0.315 e. The van der Waals surface area contributed by atoms with Crippen molar-refractivity contribution in [1.82, 2.24) is 15.4 Å². The number of sulfonamides is 1. The van der Waals surface area contributed by atoms with Crippen molar-refractivity contribution < 1.29 is 13.2 Å². The molecule has 1 rings (SSSR count). The van der Waals surface area contributed by atoms with Crippen LogP contribution in [0.25, 0.3) is 0 Å². The number of carbonyl (C=O) groups is 1. The Morgan fingerprint density at radius 2 is 1.85 bits per heavy atom. The molecule has 0 saturated carbocycles. The standard InChI is InChI=1S/C12H18BrN3O3S/c1-9(10-3-5-11(13)6-4-10)16-12(17)14-7-8-15-20(2,18)19/h3-6,9,15H,7-8H2,1-2H3,(H2,14,16,17). The van der Waals surface area contributed by atoms with Gasteiger partial charge in [0.2, 0.25) is 10.0 Å². The summed E-state index contributed by atoms with van der Waals surface area (Å²) in [5.41, 5.74) is 0.984. The zero-order chi connectivity index (χ0) is 15.2. The van der Waals surface area contributed by atoms with Crippen LogP contribution in [0.1, 0.15) is 18.5 Å². The lowest BCUT2D eigenvalue weighted by atomic mass is 10.1. The molecular weight excluding hydrogens is 346 g/mol. The number of hydrogen-bond acceptors (Lipinski definition) is 3. The van der Waals surface area contributed by atoms with Gasteiger partial charge in [0.15, 0.2) is 0 Å². The summed E-state index contributed by atoms with van der Waals surface area (Å²) in [6.07, 6.45) is 1.07. The van der Waals surface area contributed by atoms with Crippen LogP contribution in [0, 0.1) is 0 Å². The Morgan fingerprint density at radius 3 is 2.40 bits per heavy atom. The van der Waals surface area contributed by atoms with Crippen LogP contribution in [-0.4, -0.2) is 33.8 Å². The minimum atomic E-state index is -3.22. The summed E-state index contributed by atoms with van der Waals surface area (Å²) in [5.74, 6) is 0. The van der Waals surface area contributed by atoms with Gasteiger partial charge in [-0.1, -0.05) is 28.1 Å². The van der Waals surface area contributed by atoms with Crippen LogP contribution in [0.4, 0.5) is 4.79 Å². The SMILES string of the molecule is CC(NC(=O)NCCNS(C)(=O)=O)c1ccc(Br)cc1. The minimum absolute atomic E-state index is 0.133. The van der Waals surface area contributed by atoms with Crippen LogP contribution >= 0.6 is 15.9 Å². The molecule has 0 bridgehead atoms. The molecule has 0 aliphatic heterocycles. The zero-order valence-corrected chi connectivity index (χ0v) is 13.7. The molecule has 1 aromatic rings. The fourth-order valence-corrected chi connectivity index (χ4v) is 2.23. The van der Waals surface area contributed by atoms with E-state index in [0.29, 0.717) is 0 Å². The number of amides is 2. The molecule has 0 radical (unpaired) electrons. The van der Waals surface area contributed by atoms with Gasteiger partial charge in [-0.05, 0) is 24.6 Å². The van der Waals surface area contributed by atoms with Crippen LogP contribution in [0.15, 0.2) is 28.7 Å². The monoisotopic (exact) mass is 363 g/mol. The summed E-state index contributed by atoms with van der Waals surface area (Å²) in [6, 6.07) is 7.17. The van der Waals surface area contributed by atoms with E-state index in [0.717, 1.165) is 16.3 Å². The van der Waals surface area contributed by atoms with Crippen molar-refractivity contribution in [2.45, 2.75) is 13.0 Å². The zero-order valence-electron chi connectivity index (χ0n) is 11.3. The lowest BCUT2D eigenvalue weighted by Gasteiger charge is -2.15. The first-order valence-electron chi connectivity index (χ1n) is 6.02. The molecule has 3 N–H and O–H groups in total. The van der Waals surface area contributed by atoms with E-state index < -0.39 is 10.0 Å². The lowest BCUT2D eigenvalue weighted by molar-refractivity contribution is 0.238. The van der Waals surface area contributed by atoms with Gasteiger partial charge in [-0.2, -0.15) is 0 Å². The summed E-state index contributed by atoms with van der Waals surface area (Å²) < 4.78 is 24.9. The largest absolute Gasteiger partial charge is 0.337 e. The summed E-state index contributed by atoms with van der Waals surface area (Å²) in [6.45, 7) is 2.27. The van der Waals surface area contributed by atoms with Crippen LogP contribution in [-0.2, 0) is 10.0 Å². The highest BCUT2D eigenvalue weighted by Gasteiger charge is 2.09. The molecule has 0 aliphatic carbocycles. The maximum atomic E-state index is 11.6. The Labute approximate surface area is 127 Å². The number of halogens is 1. The van der Waals surface area contributed by atoms with Crippen LogP contribution in [0.2, 0.25) is 0 Å². The molecule has 1 unspecified atom stereocenters. The van der Waals surface area contributed by atoms with E-state index in [2.05, 4.69) is 31.3 Å². The van der Waals surface area contributed by atoms with Crippen molar-refractivity contribution in [2.24, 2.45) is 0 Å². The second-order valence-electron chi connectivity index (χ2n) is 4.34. The van der Waals surface area contributed by atoms with Gasteiger partial charge in [0, 0.05) is 17.6 Å². The highest BCUT2D eigenvalue weighted by atomic mass is 79.9. The van der Waals surface area contributed by atoms with Crippen molar-refractivity contribution in [3.05, 3.63) is 34.3 Å². The van der Waals surface area contributed by atoms with Gasteiger partial charge >= 0.3 is 6.03 Å². The van der Waals surface area contributed by atoms with Crippen molar-refractivity contribution in [2.75, 3.05) is 19.3 Å². The van der Waals surface area contributed by atoms with E-state index in [1.165, 1.54) is 0 Å². The molecule has 20 heavy (non-hydrogen) atoms. The Bertz CT molecular complexity index is 546. The highest BCUT2D eigenvalue weighted by Crippen LogP contribution is 2.16. The number of urea groups is 1. The predicted octanol–water partition coefficient (Wildman–Crippen LogP) is 1.36. The molecule has 0 heterocycles. The van der Waals surface area contributed by atoms with Gasteiger partial charge < -0.3 is 10.6 Å². The van der Waals surface area contributed by atoms with Crippen LogP contribution < -0.4 is 15.4 Å². The molecular formula is C12H18BrN3O3S. The Hall–Kier alpha value is -1.12. The molecule has 1 atom stereocenters. The smallest absolute Gasteiger partial charge is 0.315 e. The van der Waals surface area contributed by atoms with Crippen molar-refractivity contribution in [3.8, 4) is 0 Å². The van der Waals surface area contributed by atoms with Gasteiger partial charge in [0.05, 0.1) is 12.3 Å². The molecule has 0 saturated heterocycles. The van der Waals surface area contributed by atoms with Crippen LogP contribution in [0.5, 0.6) is 0 Å². The molecule has 1 aromatic carbocycles. The Morgan fingerprint density at radius 1 is 1.25 bits per heavy atom. The molecule has 0 fully saturated rings. The van der Waals surface area contributed by atoms with E-state index in [1.54, 1.807) is 0 Å². The van der Waals surface area contributed by atoms with E-state index in [9.17, 15) is 13.2 Å². The Kier molecular flexibility index (Phi) is 6.44. The highest BCUT2D eigenvalue weighted by molar-refractivity contribution is 9.10. The first kappa shape index (κ1) is 16.9. The summed E-state index contributed by atoms with van der Waals surface area (Å²) in [4.78, 5) is 11.6. The fraction of sp³-hybridized carbons (Fsp3) is 0.417. The number of rotatable bonds is 6. The second kappa shape index (κ2) is 7.61. The predicted molar refractivity (Wildman–Crippen MR) is 81.9 cm³/mol. The van der Waals surface area contributed by atoms with Gasteiger partial charge in [0.1, 0.15) is 0 Å². The lowest BCUT2D eigenvalue weighted by Crippen LogP contribution is -2.41. The van der Waals surface area contributed by atoms with E-state index in [4.69, 9.17) is 0 Å². The number of carbonyl (C=O) groups excluding carboxylic acids is 1. The van der Waals surface area contributed by atoms with E-state index in [1.807, 2.05) is 31.2 Å². The van der Waals surface area contributed by atoms with Crippen LogP contribution in [0.3, 0.4) is 0 Å². The molecule has 0 aromatic heterocycles. The third kappa shape index (κ3) is 6.88. The molecule has 0 spiro atoms. The Balaban J connectivity index is 2.33. The van der Waals surface area contributed by atoms with Gasteiger partial charge in [0.25, 0.3) is 0 Å². The molecule has 6 nitrogen and oxygen atoms in total. The molecule has 112 valence electrons. The first-order chi connectivity index (χ1) is 9.28. The quantitative estimate of drug-likeness (QED) is 0.666. The fourth-order valence-electron chi connectivity index (χ4n) is 1.49. The molecule has 2 amide bonds. The molecule has 0 aliphatic rings. The van der Waals surface area contributed by atoms with Gasteiger partial charge in [-0.15, -0.1) is 0 Å². The average molecular weight is 364 g/mol. The second-order valence-corrected chi connectivity index (χ2v) is 7.09. The maximum absolute atomic E-state index is 11.6. The average Bonchev–Trinajstić information content (AvgIpc) is 2.34. The summed E-state index contributed by atoms with van der Waals surface area (Å²) in [7, 11) is -3.22. The van der Waals surface area contributed by atoms with E-state index in [-0.39, 0.29) is 25.2 Å². The third-order valence-corrected chi connectivity index (χ3v) is 3.75. The van der Waals surface area contributed by atoms with Gasteiger partial charge in [-0.25, -0.2) is 17.9 Å². The van der Waals surface area contributed by atoms with Crippen molar-refractivity contribution >= 4 is 32.0 Å². The third-order valence-electron chi connectivity index (χ3n) is 2.49. The number of hydrogen-bond donors (Lipinski definition) is 3. The van der Waals surface area contributed by atoms with Crippen molar-refractivity contribution in [1.29, 1.82) is 0 Å². The summed E-state index contributed by atoms with van der Waals surface area (Å²) in [5, 5.41) is 5.35. The van der Waals surface area contributed by atoms with E-state index >= 15 is 0 Å². The minimum Gasteiger partial charge on any atom is -0.337 e. The van der Waals surface area contributed by atoms with Gasteiger partial charge in [-0.3, -0.25) is 0 Å².